The van der Waals surface area contributed by atoms with E-state index in [9.17, 15) is 9.50 Å². The van der Waals surface area contributed by atoms with Crippen LogP contribution in [0.15, 0.2) is 18.2 Å². The van der Waals surface area contributed by atoms with Crippen LogP contribution in [-0.2, 0) is 0 Å². The molecular formula is C12H17FO2. The summed E-state index contributed by atoms with van der Waals surface area (Å²) in [5.41, 5.74) is 0.771. The van der Waals surface area contributed by atoms with Crippen LogP contribution < -0.4 is 4.74 Å². The molecular weight excluding hydrogens is 195 g/mol. The third-order valence-corrected chi connectivity index (χ3v) is 2.14. The average molecular weight is 212 g/mol. The van der Waals surface area contributed by atoms with E-state index in [2.05, 4.69) is 0 Å². The molecule has 0 amide bonds. The molecule has 0 aliphatic heterocycles. The first-order valence-corrected chi connectivity index (χ1v) is 5.10. The lowest BCUT2D eigenvalue weighted by atomic mass is 10.2. The van der Waals surface area contributed by atoms with Crippen LogP contribution in [0.25, 0.3) is 0 Å². The number of aliphatic hydroxyl groups is 1. The fourth-order valence-electron chi connectivity index (χ4n) is 1.49. The molecule has 2 nitrogen and oxygen atoms in total. The molecule has 0 aromatic heterocycles. The van der Waals surface area contributed by atoms with Gasteiger partial charge in [-0.2, -0.15) is 0 Å². The Bertz CT molecular complexity index is 323. The number of hydrogen-bond acceptors (Lipinski definition) is 2. The Hall–Kier alpha value is -1.09. The van der Waals surface area contributed by atoms with Gasteiger partial charge < -0.3 is 9.84 Å². The Morgan fingerprint density at radius 3 is 2.60 bits per heavy atom. The number of ether oxygens (including phenoxy) is 1. The molecule has 1 aromatic rings. The second-order valence-corrected chi connectivity index (χ2v) is 3.92. The van der Waals surface area contributed by atoms with E-state index < -0.39 is 0 Å². The molecule has 1 aromatic carbocycles. The van der Waals surface area contributed by atoms with Gasteiger partial charge in [-0.3, -0.25) is 0 Å². The molecule has 0 saturated heterocycles. The van der Waals surface area contributed by atoms with Gasteiger partial charge in [0.2, 0.25) is 0 Å². The summed E-state index contributed by atoms with van der Waals surface area (Å²) in [7, 11) is 0. The summed E-state index contributed by atoms with van der Waals surface area (Å²) in [6.07, 6.45) is 0.103. The molecule has 1 N–H and O–H groups in total. The lowest BCUT2D eigenvalue weighted by molar-refractivity contribution is 0.115. The first-order chi connectivity index (χ1) is 6.99. The summed E-state index contributed by atoms with van der Waals surface area (Å²) in [6.45, 7) is 5.40. The number of aryl methyl sites for hydroxylation is 1. The zero-order valence-electron chi connectivity index (χ0n) is 9.33. The fourth-order valence-corrected chi connectivity index (χ4v) is 1.49. The summed E-state index contributed by atoms with van der Waals surface area (Å²) in [5, 5.41) is 9.17. The number of hydrogen-bond donors (Lipinski definition) is 1. The van der Waals surface area contributed by atoms with E-state index in [1.165, 1.54) is 12.1 Å². The van der Waals surface area contributed by atoms with Gasteiger partial charge >= 0.3 is 0 Å². The van der Waals surface area contributed by atoms with E-state index in [1.54, 1.807) is 19.9 Å². The Morgan fingerprint density at radius 1 is 1.40 bits per heavy atom. The lowest BCUT2D eigenvalue weighted by Gasteiger charge is -2.17. The summed E-state index contributed by atoms with van der Waals surface area (Å²) in [5.74, 6) is 0.410. The van der Waals surface area contributed by atoms with E-state index >= 15 is 0 Å². The van der Waals surface area contributed by atoms with E-state index in [1.807, 2.05) is 6.92 Å². The Kier molecular flexibility index (Phi) is 4.09. The van der Waals surface area contributed by atoms with Crippen LogP contribution in [0.5, 0.6) is 5.75 Å². The highest BCUT2D eigenvalue weighted by atomic mass is 19.1. The molecule has 0 aliphatic carbocycles. The molecule has 0 aliphatic rings. The molecule has 0 spiro atoms. The molecule has 0 radical (unpaired) electrons. The van der Waals surface area contributed by atoms with Crippen LogP contribution in [0.2, 0.25) is 0 Å². The molecule has 0 heterocycles. The van der Waals surface area contributed by atoms with Gasteiger partial charge in [0.1, 0.15) is 11.6 Å². The van der Waals surface area contributed by atoms with Gasteiger partial charge in [-0.25, -0.2) is 4.39 Å². The van der Waals surface area contributed by atoms with Crippen LogP contribution in [0.1, 0.15) is 25.8 Å². The van der Waals surface area contributed by atoms with Crippen LogP contribution in [0.3, 0.4) is 0 Å². The van der Waals surface area contributed by atoms with E-state index in [0.29, 0.717) is 12.2 Å². The third-order valence-electron chi connectivity index (χ3n) is 2.14. The maximum atomic E-state index is 12.8. The van der Waals surface area contributed by atoms with Gasteiger partial charge in [0, 0.05) is 6.42 Å². The smallest absolute Gasteiger partial charge is 0.123 e. The molecule has 84 valence electrons. The van der Waals surface area contributed by atoms with Crippen molar-refractivity contribution in [2.24, 2.45) is 0 Å². The minimum absolute atomic E-state index is 0.0749. The highest BCUT2D eigenvalue weighted by Gasteiger charge is 2.09. The first kappa shape index (κ1) is 12.0. The van der Waals surface area contributed by atoms with Crippen molar-refractivity contribution in [1.82, 2.24) is 0 Å². The standard InChI is InChI=1S/C12H17FO2/c1-8-6-11(13)4-5-12(8)15-10(3)7-9(2)14/h4-6,9-10,14H,7H2,1-3H3/t9-,10+/m0/s1. The maximum absolute atomic E-state index is 12.8. The van der Waals surface area contributed by atoms with Crippen LogP contribution >= 0.6 is 0 Å². The number of halogens is 1. The normalized spacial score (nSPS) is 14.7. The van der Waals surface area contributed by atoms with Gasteiger partial charge in [-0.15, -0.1) is 0 Å². The highest BCUT2D eigenvalue weighted by Crippen LogP contribution is 2.20. The van der Waals surface area contributed by atoms with Crippen LogP contribution in [0.4, 0.5) is 4.39 Å². The van der Waals surface area contributed by atoms with Crippen molar-refractivity contribution in [3.63, 3.8) is 0 Å². The van der Waals surface area contributed by atoms with Gasteiger partial charge in [0.25, 0.3) is 0 Å². The quantitative estimate of drug-likeness (QED) is 0.831. The first-order valence-electron chi connectivity index (χ1n) is 5.10. The predicted octanol–water partition coefficient (Wildman–Crippen LogP) is 2.67. The number of benzene rings is 1. The molecule has 2 atom stereocenters. The number of aliphatic hydroxyl groups excluding tert-OH is 1. The van der Waals surface area contributed by atoms with Crippen molar-refractivity contribution in [1.29, 1.82) is 0 Å². The topological polar surface area (TPSA) is 29.5 Å². The second-order valence-electron chi connectivity index (χ2n) is 3.92. The molecule has 0 bridgehead atoms. The Balaban J connectivity index is 2.64. The molecule has 0 fully saturated rings. The SMILES string of the molecule is Cc1cc(F)ccc1O[C@H](C)C[C@H](C)O. The predicted molar refractivity (Wildman–Crippen MR) is 57.5 cm³/mol. The van der Waals surface area contributed by atoms with Gasteiger partial charge in [0.05, 0.1) is 12.2 Å². The summed E-state index contributed by atoms with van der Waals surface area (Å²) in [4.78, 5) is 0. The molecule has 1 rings (SSSR count). The van der Waals surface area contributed by atoms with Crippen molar-refractivity contribution < 1.29 is 14.2 Å². The van der Waals surface area contributed by atoms with Crippen LogP contribution in [0, 0.1) is 12.7 Å². The summed E-state index contributed by atoms with van der Waals surface area (Å²) >= 11 is 0. The summed E-state index contributed by atoms with van der Waals surface area (Å²) in [6, 6.07) is 4.42. The van der Waals surface area contributed by atoms with Crippen molar-refractivity contribution in [3.05, 3.63) is 29.6 Å². The zero-order valence-corrected chi connectivity index (χ0v) is 9.33. The molecule has 0 unspecified atom stereocenters. The van der Waals surface area contributed by atoms with Crippen molar-refractivity contribution >= 4 is 0 Å². The highest BCUT2D eigenvalue weighted by molar-refractivity contribution is 5.32. The van der Waals surface area contributed by atoms with E-state index in [4.69, 9.17) is 4.74 Å². The average Bonchev–Trinajstić information content (AvgIpc) is 2.08. The Labute approximate surface area is 89.7 Å². The van der Waals surface area contributed by atoms with E-state index in [-0.39, 0.29) is 18.0 Å². The maximum Gasteiger partial charge on any atom is 0.123 e. The molecule has 3 heteroatoms. The molecule has 0 saturated carbocycles. The van der Waals surface area contributed by atoms with Crippen molar-refractivity contribution in [2.45, 2.75) is 39.4 Å². The van der Waals surface area contributed by atoms with Gasteiger partial charge in [-0.05, 0) is 44.5 Å². The van der Waals surface area contributed by atoms with Crippen LogP contribution in [-0.4, -0.2) is 17.3 Å². The minimum atomic E-state index is -0.388. The lowest BCUT2D eigenvalue weighted by Crippen LogP contribution is -2.18. The zero-order chi connectivity index (χ0) is 11.4. The van der Waals surface area contributed by atoms with E-state index in [0.717, 1.165) is 5.56 Å². The number of rotatable bonds is 4. The van der Waals surface area contributed by atoms with Gasteiger partial charge in [-0.1, -0.05) is 0 Å². The second kappa shape index (κ2) is 5.12. The monoisotopic (exact) mass is 212 g/mol. The van der Waals surface area contributed by atoms with Crippen molar-refractivity contribution in [2.75, 3.05) is 0 Å². The fraction of sp³-hybridized carbons (Fsp3) is 0.500. The third kappa shape index (κ3) is 3.88. The van der Waals surface area contributed by atoms with Gasteiger partial charge in [0.15, 0.2) is 0 Å². The largest absolute Gasteiger partial charge is 0.490 e. The van der Waals surface area contributed by atoms with Crippen molar-refractivity contribution in [3.8, 4) is 5.75 Å². The molecule has 15 heavy (non-hydrogen) atoms. The summed E-state index contributed by atoms with van der Waals surface area (Å²) < 4.78 is 18.4. The minimum Gasteiger partial charge on any atom is -0.490 e. The Morgan fingerprint density at radius 2 is 2.07 bits per heavy atom.